The Hall–Kier alpha value is -4.12. The van der Waals surface area contributed by atoms with Crippen LogP contribution in [0.5, 0.6) is 11.5 Å². The van der Waals surface area contributed by atoms with E-state index in [1.807, 2.05) is 69.3 Å². The largest absolute Gasteiger partial charge is 1.00 e. The summed E-state index contributed by atoms with van der Waals surface area (Å²) in [6.07, 6.45) is 13.7. The number of hydrogen-bond donors (Lipinski definition) is 1. The summed E-state index contributed by atoms with van der Waals surface area (Å²) in [6.45, 7) is 7.03. The number of nitrogens with zero attached hydrogens (tertiary/aromatic N) is 2. The van der Waals surface area contributed by atoms with Gasteiger partial charge >= 0.3 is 30.8 Å². The van der Waals surface area contributed by atoms with Gasteiger partial charge in [0.05, 0.1) is 46.2 Å². The van der Waals surface area contributed by atoms with Gasteiger partial charge in [-0.25, -0.2) is 9.97 Å². The zero-order valence-electron chi connectivity index (χ0n) is 36.4. The molecule has 0 aliphatic heterocycles. The average Bonchev–Trinajstić information content (AvgIpc) is 3.81. The van der Waals surface area contributed by atoms with E-state index in [1.54, 1.807) is 14.2 Å². The second-order valence-corrected chi connectivity index (χ2v) is 15.4. The first-order valence-corrected chi connectivity index (χ1v) is 21.0. The number of hydrogen-bond acceptors (Lipinski definition) is 12. The Morgan fingerprint density at radius 2 is 1.20 bits per heavy atom. The van der Waals surface area contributed by atoms with Crippen molar-refractivity contribution in [2.45, 2.75) is 136 Å². The van der Waals surface area contributed by atoms with E-state index in [1.165, 1.54) is 19.3 Å². The maximum Gasteiger partial charge on any atom is 1.00 e. The molecule has 14 heteroatoms. The minimum absolute atomic E-state index is 0. The van der Waals surface area contributed by atoms with Gasteiger partial charge in [0.1, 0.15) is 34.4 Å². The fourth-order valence-corrected chi connectivity index (χ4v) is 7.90. The van der Waals surface area contributed by atoms with Gasteiger partial charge in [0.25, 0.3) is 0 Å². The number of rotatable bonds is 19. The Morgan fingerprint density at radius 1 is 0.733 bits per heavy atom. The van der Waals surface area contributed by atoms with Gasteiger partial charge in [-0.15, -0.1) is 0 Å². The predicted molar refractivity (Wildman–Crippen MR) is 221 cm³/mol. The molecule has 6 rings (SSSR count). The molecular weight excluding hydrogens is 763 g/mol. The van der Waals surface area contributed by atoms with Crippen LogP contribution in [-0.2, 0) is 37.0 Å². The molecule has 60 heavy (non-hydrogen) atoms. The third kappa shape index (κ3) is 16.1. The first kappa shape index (κ1) is 50.2. The third-order valence-corrected chi connectivity index (χ3v) is 11.1. The van der Waals surface area contributed by atoms with Gasteiger partial charge in [-0.05, 0) is 120 Å². The first-order chi connectivity index (χ1) is 28.1. The second kappa shape index (κ2) is 26.3. The van der Waals surface area contributed by atoms with Gasteiger partial charge in [0.2, 0.25) is 11.8 Å². The van der Waals surface area contributed by atoms with Gasteiger partial charge in [0, 0.05) is 24.0 Å². The fraction of sp³-hybridized carbons (Fsp3) is 0.565. The van der Waals surface area contributed by atoms with Crippen LogP contribution in [0.2, 0.25) is 0 Å². The van der Waals surface area contributed by atoms with Crippen molar-refractivity contribution in [1.82, 2.24) is 9.97 Å². The summed E-state index contributed by atoms with van der Waals surface area (Å²) in [6, 6.07) is 15.3. The summed E-state index contributed by atoms with van der Waals surface area (Å²) in [5.74, 6) is 4.63. The molecule has 0 spiro atoms. The zero-order chi connectivity index (χ0) is 41.3. The quantitative estimate of drug-likeness (QED) is 0.0736. The van der Waals surface area contributed by atoms with Crippen molar-refractivity contribution in [3.63, 3.8) is 0 Å². The predicted octanol–water partition coefficient (Wildman–Crippen LogP) is 7.28. The topological polar surface area (TPSA) is 183 Å². The van der Waals surface area contributed by atoms with Crippen LogP contribution in [0.1, 0.15) is 120 Å². The van der Waals surface area contributed by atoms with Gasteiger partial charge < -0.3 is 43.1 Å². The molecule has 2 aliphatic rings. The van der Waals surface area contributed by atoms with Crippen molar-refractivity contribution in [1.29, 1.82) is 0 Å². The monoisotopic (exact) mass is 826 g/mol. The Morgan fingerprint density at radius 3 is 1.63 bits per heavy atom. The van der Waals surface area contributed by atoms with Crippen LogP contribution in [0.3, 0.4) is 0 Å². The summed E-state index contributed by atoms with van der Waals surface area (Å²) in [5, 5.41) is 8.80. The standard InChI is InChI=1S/C24H33NO5.C22H29NO5.Li.H2O/c1-4-28-23(26)13-6-9-18-8-5-12-21(14-18)29-16-22-17(2)30-24(25-22)19-10-7-11-20(15-19)27-3;1-15-20(23-22(28-15)17-8-5-9-18(13-17)26-2)14-27-19-10-3-6-16(12-19)7-4-11-21(24)25;;/h7,10-11,15,18,21H,4-6,8-9,12-14,16H2,1-3H3;5,8-9,13,16,19H,3-4,6-7,10-12,14H2,1-2H3,(H,24,25);;1H2/q;;+1;/p-1. The molecule has 324 valence electrons. The molecule has 4 aromatic rings. The van der Waals surface area contributed by atoms with Gasteiger partial charge in [-0.3, -0.25) is 9.59 Å². The molecule has 2 N–H and O–H groups in total. The molecule has 2 aromatic carbocycles. The van der Waals surface area contributed by atoms with Crippen LogP contribution in [0.4, 0.5) is 0 Å². The second-order valence-electron chi connectivity index (χ2n) is 15.4. The summed E-state index contributed by atoms with van der Waals surface area (Å²) in [7, 11) is 3.28. The van der Waals surface area contributed by atoms with Crippen LogP contribution < -0.4 is 28.3 Å². The van der Waals surface area contributed by atoms with E-state index in [0.29, 0.717) is 49.9 Å². The number of esters is 1. The summed E-state index contributed by atoms with van der Waals surface area (Å²) in [4.78, 5) is 31.5. The molecule has 4 atom stereocenters. The van der Waals surface area contributed by atoms with Gasteiger partial charge in [0.15, 0.2) is 0 Å². The number of carboxylic acid groups (broad SMARTS) is 1. The van der Waals surface area contributed by atoms with Gasteiger partial charge in [-0.2, -0.15) is 0 Å². The molecule has 0 amide bonds. The Kier molecular flexibility index (Phi) is 22.0. The molecule has 2 aromatic heterocycles. The number of benzene rings is 2. The number of oxazole rings is 2. The molecule has 2 heterocycles. The van der Waals surface area contributed by atoms with Crippen molar-refractivity contribution in [3.05, 3.63) is 71.4 Å². The Balaban J connectivity index is 0.000000311. The zero-order valence-corrected chi connectivity index (χ0v) is 36.4. The Bertz CT molecular complexity index is 1880. The molecule has 0 saturated heterocycles. The van der Waals surface area contributed by atoms with E-state index in [4.69, 9.17) is 37.6 Å². The number of aliphatic carboxylic acids is 1. The van der Waals surface area contributed by atoms with Gasteiger partial charge in [-0.1, -0.05) is 37.8 Å². The number of aryl methyl sites for hydroxylation is 2. The summed E-state index contributed by atoms with van der Waals surface area (Å²) < 4.78 is 39.6. The normalized spacial score (nSPS) is 18.6. The molecule has 2 fully saturated rings. The summed E-state index contributed by atoms with van der Waals surface area (Å²) >= 11 is 0. The fourth-order valence-electron chi connectivity index (χ4n) is 7.90. The molecule has 2 aliphatic carbocycles. The van der Waals surface area contributed by atoms with E-state index in [9.17, 15) is 9.59 Å². The minimum atomic E-state index is -0.711. The smallest absolute Gasteiger partial charge is 0.870 e. The molecule has 13 nitrogen and oxygen atoms in total. The van der Waals surface area contributed by atoms with E-state index >= 15 is 0 Å². The van der Waals surface area contributed by atoms with E-state index in [-0.39, 0.29) is 48.9 Å². The maximum atomic E-state index is 11.5. The first-order valence-electron chi connectivity index (χ1n) is 21.0. The number of aromatic nitrogens is 2. The van der Waals surface area contributed by atoms with E-state index < -0.39 is 5.97 Å². The number of carbonyl (C=O) groups is 2. The average molecular weight is 827 g/mol. The van der Waals surface area contributed by atoms with Crippen LogP contribution in [0.15, 0.2) is 57.4 Å². The SMILES string of the molecule is CCOC(=O)CCCC1CCCC(OCc2nc(-c3cccc(OC)c3)oc2C)C1.COc1cccc(-c2nc(COC3CCCC(CCCC(=O)O)C3)c(C)o2)c1.[Li+].[OH-]. The molecule has 2 saturated carbocycles. The number of carboxylic acids is 1. The van der Waals surface area contributed by atoms with Crippen molar-refractivity contribution in [2.75, 3.05) is 20.8 Å². The molecule has 0 radical (unpaired) electrons. The van der Waals surface area contributed by atoms with Crippen molar-refractivity contribution >= 4 is 11.9 Å². The van der Waals surface area contributed by atoms with Crippen molar-refractivity contribution in [2.24, 2.45) is 11.8 Å². The van der Waals surface area contributed by atoms with Crippen LogP contribution in [-0.4, -0.2) is 65.5 Å². The molecular formula is C46H63LiN2O11. The van der Waals surface area contributed by atoms with E-state index in [0.717, 1.165) is 103 Å². The molecule has 4 unspecified atom stereocenters. The minimum Gasteiger partial charge on any atom is -0.870 e. The molecule has 0 bridgehead atoms. The van der Waals surface area contributed by atoms with Crippen LogP contribution in [0.25, 0.3) is 22.9 Å². The Labute approximate surface area is 366 Å². The van der Waals surface area contributed by atoms with Crippen molar-refractivity contribution < 1.29 is 71.6 Å². The number of carbonyl (C=O) groups excluding carboxylic acids is 1. The van der Waals surface area contributed by atoms with Crippen LogP contribution >= 0.6 is 0 Å². The maximum absolute atomic E-state index is 11.5. The van der Waals surface area contributed by atoms with Crippen LogP contribution in [0, 0.1) is 25.7 Å². The van der Waals surface area contributed by atoms with E-state index in [2.05, 4.69) is 9.97 Å². The number of ether oxygens (including phenoxy) is 5. The van der Waals surface area contributed by atoms with Crippen molar-refractivity contribution in [3.8, 4) is 34.4 Å². The third-order valence-electron chi connectivity index (χ3n) is 11.1. The number of methoxy groups -OCH3 is 2. The summed E-state index contributed by atoms with van der Waals surface area (Å²) in [5.41, 5.74) is 3.44.